The molecular weight excluding hydrogens is 270 g/mol. The van der Waals surface area contributed by atoms with Crippen molar-refractivity contribution in [2.45, 2.75) is 38.4 Å². The highest BCUT2D eigenvalue weighted by atomic mass is 19.4. The highest BCUT2D eigenvalue weighted by Gasteiger charge is 2.34. The van der Waals surface area contributed by atoms with Gasteiger partial charge in [-0.1, -0.05) is 12.1 Å². The molecule has 1 saturated carbocycles. The van der Waals surface area contributed by atoms with Crippen LogP contribution in [0.2, 0.25) is 0 Å². The highest BCUT2D eigenvalue weighted by molar-refractivity contribution is 5.64. The molecule has 1 nitrogen and oxygen atoms in total. The second kappa shape index (κ2) is 5.95. The van der Waals surface area contributed by atoms with E-state index in [-0.39, 0.29) is 0 Å². The molecule has 0 radical (unpaired) electrons. The van der Waals surface area contributed by atoms with E-state index >= 15 is 0 Å². The first-order valence-corrected chi connectivity index (χ1v) is 6.65. The van der Waals surface area contributed by atoms with Crippen molar-refractivity contribution in [3.8, 4) is 0 Å². The summed E-state index contributed by atoms with van der Waals surface area (Å²) in [6, 6.07) is 3.74. The quantitative estimate of drug-likeness (QED) is 0.625. The molecule has 1 aliphatic rings. The molecule has 0 atom stereocenters. The first kappa shape index (κ1) is 15.0. The third-order valence-corrected chi connectivity index (χ3v) is 3.33. The summed E-state index contributed by atoms with van der Waals surface area (Å²) in [5, 5.41) is 3.32. The predicted molar refractivity (Wildman–Crippen MR) is 70.7 cm³/mol. The van der Waals surface area contributed by atoms with Gasteiger partial charge in [0, 0.05) is 6.04 Å². The third-order valence-electron chi connectivity index (χ3n) is 3.33. The van der Waals surface area contributed by atoms with Gasteiger partial charge >= 0.3 is 6.18 Å². The summed E-state index contributed by atoms with van der Waals surface area (Å²) in [6.07, 6.45) is 0.378. The Morgan fingerprint density at radius 1 is 1.35 bits per heavy atom. The fourth-order valence-corrected chi connectivity index (χ4v) is 1.97. The number of allylic oxidation sites excluding steroid dienone is 1. The van der Waals surface area contributed by atoms with Gasteiger partial charge in [0.2, 0.25) is 0 Å². The monoisotopic (exact) mass is 287 g/mol. The second-order valence-corrected chi connectivity index (χ2v) is 5.10. The lowest BCUT2D eigenvalue weighted by Gasteiger charge is -2.10. The molecule has 0 aromatic heterocycles. The average molecular weight is 287 g/mol. The van der Waals surface area contributed by atoms with E-state index in [0.29, 0.717) is 11.6 Å². The van der Waals surface area contributed by atoms with Gasteiger partial charge in [0.25, 0.3) is 0 Å². The number of hydrogen-bond donors (Lipinski definition) is 1. The molecule has 0 bridgehead atoms. The maximum absolute atomic E-state index is 13.2. The Labute approximate surface area is 115 Å². The van der Waals surface area contributed by atoms with Gasteiger partial charge in [-0.3, -0.25) is 0 Å². The molecular formula is C15H17F4N. The van der Waals surface area contributed by atoms with Crippen LogP contribution in [0, 0.1) is 5.82 Å². The SMILES string of the molecule is C/C(=C/CCNC1CC1)c1ccc(F)c(C(F)(F)F)c1. The van der Waals surface area contributed by atoms with Gasteiger partial charge in [0.05, 0.1) is 5.56 Å². The standard InChI is InChI=1S/C15H17F4N/c1-10(3-2-8-20-12-5-6-12)11-4-7-14(16)13(9-11)15(17,18)19/h3-4,7,9,12,20H,2,5-6,8H2,1H3/b10-3-. The molecule has 110 valence electrons. The zero-order valence-electron chi connectivity index (χ0n) is 11.2. The van der Waals surface area contributed by atoms with Crippen molar-refractivity contribution in [3.63, 3.8) is 0 Å². The molecule has 1 fully saturated rings. The number of alkyl halides is 3. The van der Waals surface area contributed by atoms with Crippen molar-refractivity contribution in [1.82, 2.24) is 5.32 Å². The van der Waals surface area contributed by atoms with Crippen molar-refractivity contribution in [2.24, 2.45) is 0 Å². The Hall–Kier alpha value is -1.36. The van der Waals surface area contributed by atoms with E-state index in [1.165, 1.54) is 18.9 Å². The van der Waals surface area contributed by atoms with Crippen LogP contribution < -0.4 is 5.32 Å². The summed E-state index contributed by atoms with van der Waals surface area (Å²) < 4.78 is 51.1. The highest BCUT2D eigenvalue weighted by Crippen LogP contribution is 2.33. The lowest BCUT2D eigenvalue weighted by molar-refractivity contribution is -0.140. The topological polar surface area (TPSA) is 12.0 Å². The predicted octanol–water partition coefficient (Wildman–Crippen LogP) is 4.39. The summed E-state index contributed by atoms with van der Waals surface area (Å²) in [7, 11) is 0. The second-order valence-electron chi connectivity index (χ2n) is 5.10. The van der Waals surface area contributed by atoms with E-state index in [0.717, 1.165) is 30.7 Å². The van der Waals surface area contributed by atoms with Crippen LogP contribution in [0.15, 0.2) is 24.3 Å². The summed E-state index contributed by atoms with van der Waals surface area (Å²) in [4.78, 5) is 0. The minimum atomic E-state index is -4.66. The summed E-state index contributed by atoms with van der Waals surface area (Å²) in [5.74, 6) is -1.23. The largest absolute Gasteiger partial charge is 0.419 e. The molecule has 5 heteroatoms. The summed E-state index contributed by atoms with van der Waals surface area (Å²) in [5.41, 5.74) is -0.0721. The third kappa shape index (κ3) is 4.07. The van der Waals surface area contributed by atoms with Crippen molar-refractivity contribution in [1.29, 1.82) is 0 Å². The smallest absolute Gasteiger partial charge is 0.314 e. The van der Waals surface area contributed by atoms with E-state index < -0.39 is 17.6 Å². The Morgan fingerprint density at radius 2 is 2.05 bits per heavy atom. The lowest BCUT2D eigenvalue weighted by atomic mass is 10.0. The van der Waals surface area contributed by atoms with Crippen LogP contribution in [-0.2, 0) is 6.18 Å². The Kier molecular flexibility index (Phi) is 4.48. The van der Waals surface area contributed by atoms with Gasteiger partial charge in [-0.2, -0.15) is 13.2 Å². The average Bonchev–Trinajstić information content (AvgIpc) is 3.17. The molecule has 1 N–H and O–H groups in total. The van der Waals surface area contributed by atoms with Crippen LogP contribution in [0.3, 0.4) is 0 Å². The van der Waals surface area contributed by atoms with Crippen LogP contribution in [-0.4, -0.2) is 12.6 Å². The van der Waals surface area contributed by atoms with Crippen LogP contribution in [0.1, 0.15) is 37.3 Å². The Morgan fingerprint density at radius 3 is 2.65 bits per heavy atom. The van der Waals surface area contributed by atoms with Crippen LogP contribution in [0.4, 0.5) is 17.6 Å². The van der Waals surface area contributed by atoms with Crippen LogP contribution in [0.5, 0.6) is 0 Å². The van der Waals surface area contributed by atoms with E-state index in [4.69, 9.17) is 0 Å². The molecule has 0 unspecified atom stereocenters. The molecule has 1 aromatic carbocycles. The number of hydrogen-bond acceptors (Lipinski definition) is 1. The first-order valence-electron chi connectivity index (χ1n) is 6.65. The summed E-state index contributed by atoms with van der Waals surface area (Å²) in [6.45, 7) is 2.56. The summed E-state index contributed by atoms with van der Waals surface area (Å²) >= 11 is 0. The van der Waals surface area contributed by atoms with Gasteiger partial charge in [-0.15, -0.1) is 0 Å². The molecule has 0 spiro atoms. The van der Waals surface area contributed by atoms with Crippen molar-refractivity contribution in [3.05, 3.63) is 41.2 Å². The zero-order chi connectivity index (χ0) is 14.8. The number of halogens is 4. The molecule has 0 heterocycles. The van der Waals surface area contributed by atoms with E-state index in [2.05, 4.69) is 5.32 Å². The lowest BCUT2D eigenvalue weighted by Crippen LogP contribution is -2.16. The molecule has 0 saturated heterocycles. The molecule has 0 aliphatic heterocycles. The molecule has 1 aromatic rings. The van der Waals surface area contributed by atoms with Crippen molar-refractivity contribution >= 4 is 5.57 Å². The van der Waals surface area contributed by atoms with Gasteiger partial charge in [0.15, 0.2) is 0 Å². The van der Waals surface area contributed by atoms with Crippen LogP contribution in [0.25, 0.3) is 5.57 Å². The molecule has 2 rings (SSSR count). The van der Waals surface area contributed by atoms with Gasteiger partial charge in [0.1, 0.15) is 5.82 Å². The molecule has 1 aliphatic carbocycles. The van der Waals surface area contributed by atoms with Crippen molar-refractivity contribution < 1.29 is 17.6 Å². The molecule has 0 amide bonds. The number of nitrogens with one attached hydrogen (secondary N) is 1. The van der Waals surface area contributed by atoms with E-state index in [1.807, 2.05) is 6.08 Å². The fourth-order valence-electron chi connectivity index (χ4n) is 1.97. The Bertz CT molecular complexity index is 501. The zero-order valence-corrected chi connectivity index (χ0v) is 11.2. The maximum Gasteiger partial charge on any atom is 0.419 e. The van der Waals surface area contributed by atoms with Crippen LogP contribution >= 0.6 is 0 Å². The number of rotatable bonds is 5. The minimum Gasteiger partial charge on any atom is -0.314 e. The maximum atomic E-state index is 13.2. The first-order chi connectivity index (χ1) is 9.38. The van der Waals surface area contributed by atoms with Gasteiger partial charge < -0.3 is 5.32 Å². The Balaban J connectivity index is 2.04. The van der Waals surface area contributed by atoms with Gasteiger partial charge in [-0.25, -0.2) is 4.39 Å². The number of benzene rings is 1. The van der Waals surface area contributed by atoms with Crippen molar-refractivity contribution in [2.75, 3.05) is 6.54 Å². The van der Waals surface area contributed by atoms with E-state index in [1.54, 1.807) is 6.92 Å². The fraction of sp³-hybridized carbons (Fsp3) is 0.467. The molecule has 20 heavy (non-hydrogen) atoms. The van der Waals surface area contributed by atoms with E-state index in [9.17, 15) is 17.6 Å². The van der Waals surface area contributed by atoms with Gasteiger partial charge in [-0.05, 0) is 56.0 Å². The normalized spacial score (nSPS) is 16.6. The minimum absolute atomic E-state index is 0.408.